The lowest BCUT2D eigenvalue weighted by molar-refractivity contribution is -0.270. The summed E-state index contributed by atoms with van der Waals surface area (Å²) in [6.07, 6.45) is 2.39. The molecule has 220 valence electrons. The number of ether oxygens (including phenoxy) is 5. The van der Waals surface area contributed by atoms with E-state index < -0.39 is 52.5 Å². The quantitative estimate of drug-likeness (QED) is 0.266. The fourth-order valence-electron chi connectivity index (χ4n) is 6.42. The van der Waals surface area contributed by atoms with E-state index in [1.807, 2.05) is 20.8 Å². The van der Waals surface area contributed by atoms with Crippen LogP contribution in [0, 0.1) is 11.3 Å². The van der Waals surface area contributed by atoms with E-state index in [1.54, 1.807) is 20.8 Å². The van der Waals surface area contributed by atoms with Gasteiger partial charge in [0.05, 0.1) is 16.6 Å². The lowest BCUT2D eigenvalue weighted by atomic mass is 9.50. The third-order valence-electron chi connectivity index (χ3n) is 8.01. The molecule has 4 atom stereocenters. The number of rotatable bonds is 8. The van der Waals surface area contributed by atoms with Crippen molar-refractivity contribution in [3.05, 3.63) is 29.8 Å². The summed E-state index contributed by atoms with van der Waals surface area (Å²) in [7, 11) is 0. The molecule has 4 aliphatic rings. The maximum Gasteiger partial charge on any atom is 0.514 e. The van der Waals surface area contributed by atoms with Gasteiger partial charge in [-0.2, -0.15) is 0 Å². The third kappa shape index (κ3) is 6.77. The smallest absolute Gasteiger partial charge is 0.458 e. The van der Waals surface area contributed by atoms with Gasteiger partial charge in [0, 0.05) is 19.3 Å². The molecule has 4 fully saturated rings. The van der Waals surface area contributed by atoms with Gasteiger partial charge in [-0.1, -0.05) is 6.92 Å². The largest absolute Gasteiger partial charge is 0.514 e. The molecule has 4 bridgehead atoms. The Hall–Kier alpha value is -3.14. The van der Waals surface area contributed by atoms with E-state index in [0.717, 1.165) is 0 Å². The van der Waals surface area contributed by atoms with E-state index >= 15 is 0 Å². The standard InChI is InChI=1S/C30H40O10/c1-7-27(5,6)24(33)39-30-14-19-12-28(35,17-30)16-29(13-19,18-30)38-22(31)15-36-23(32)20-8-10-21(11-9-20)37-25(34)40-26(2,3)4/h8-11,19,35H,7,12-18H2,1-6H3. The van der Waals surface area contributed by atoms with Gasteiger partial charge in [-0.05, 0) is 90.5 Å². The van der Waals surface area contributed by atoms with Gasteiger partial charge in [0.2, 0.25) is 0 Å². The van der Waals surface area contributed by atoms with Gasteiger partial charge < -0.3 is 28.8 Å². The van der Waals surface area contributed by atoms with Crippen molar-refractivity contribution >= 4 is 24.1 Å². The number of hydrogen-bond acceptors (Lipinski definition) is 10. The summed E-state index contributed by atoms with van der Waals surface area (Å²) < 4.78 is 27.3. The number of benzene rings is 1. The molecule has 4 aliphatic carbocycles. The van der Waals surface area contributed by atoms with Gasteiger partial charge in [0.1, 0.15) is 22.6 Å². The van der Waals surface area contributed by atoms with Crippen molar-refractivity contribution in [1.82, 2.24) is 0 Å². The Morgan fingerprint density at radius 3 is 2.05 bits per heavy atom. The van der Waals surface area contributed by atoms with Crippen molar-refractivity contribution in [1.29, 1.82) is 0 Å². The zero-order chi connectivity index (χ0) is 29.6. The molecule has 1 aromatic rings. The Bertz CT molecular complexity index is 1170. The van der Waals surface area contributed by atoms with Crippen LogP contribution in [0.15, 0.2) is 24.3 Å². The van der Waals surface area contributed by atoms with Crippen LogP contribution < -0.4 is 4.74 Å². The first-order chi connectivity index (χ1) is 18.5. The van der Waals surface area contributed by atoms with Gasteiger partial charge in [-0.3, -0.25) is 4.79 Å². The molecule has 4 saturated carbocycles. The number of carbonyl (C=O) groups is 4. The fourth-order valence-corrected chi connectivity index (χ4v) is 6.42. The Balaban J connectivity index is 1.35. The van der Waals surface area contributed by atoms with Crippen LogP contribution in [0.1, 0.15) is 96.8 Å². The van der Waals surface area contributed by atoms with Gasteiger partial charge in [-0.25, -0.2) is 14.4 Å². The Morgan fingerprint density at radius 1 is 0.900 bits per heavy atom. The Labute approximate surface area is 234 Å². The lowest BCUT2D eigenvalue weighted by Gasteiger charge is -2.63. The van der Waals surface area contributed by atoms with Crippen molar-refractivity contribution in [2.45, 2.75) is 109 Å². The lowest BCUT2D eigenvalue weighted by Crippen LogP contribution is -2.68. The molecule has 10 nitrogen and oxygen atoms in total. The summed E-state index contributed by atoms with van der Waals surface area (Å²) >= 11 is 0. The highest BCUT2D eigenvalue weighted by Gasteiger charge is 2.66. The van der Waals surface area contributed by atoms with Crippen molar-refractivity contribution in [3.8, 4) is 5.75 Å². The topological polar surface area (TPSA) is 135 Å². The maximum absolute atomic E-state index is 13.0. The molecule has 0 spiro atoms. The molecule has 40 heavy (non-hydrogen) atoms. The van der Waals surface area contributed by atoms with E-state index in [-0.39, 0.29) is 29.6 Å². The second kappa shape index (κ2) is 10.4. The average molecular weight is 561 g/mol. The first-order valence-corrected chi connectivity index (χ1v) is 13.8. The third-order valence-corrected chi connectivity index (χ3v) is 8.01. The van der Waals surface area contributed by atoms with Crippen LogP contribution in [0.5, 0.6) is 5.75 Å². The van der Waals surface area contributed by atoms with E-state index in [1.165, 1.54) is 24.3 Å². The summed E-state index contributed by atoms with van der Waals surface area (Å²) in [4.78, 5) is 50.1. The molecule has 5 rings (SSSR count). The molecular formula is C30H40O10. The molecule has 4 unspecified atom stereocenters. The minimum Gasteiger partial charge on any atom is -0.458 e. The minimum atomic E-state index is -1.09. The van der Waals surface area contributed by atoms with Gasteiger partial charge in [0.15, 0.2) is 6.61 Å². The second-order valence-electron chi connectivity index (χ2n) is 13.4. The molecular weight excluding hydrogens is 520 g/mol. The first kappa shape index (κ1) is 29.8. The number of hydrogen-bond donors (Lipinski definition) is 1. The van der Waals surface area contributed by atoms with Crippen molar-refractivity contribution < 1.29 is 48.0 Å². The maximum atomic E-state index is 13.0. The molecule has 0 heterocycles. The molecule has 0 aromatic heterocycles. The minimum absolute atomic E-state index is 0.0514. The monoisotopic (exact) mass is 560 g/mol. The van der Waals surface area contributed by atoms with Gasteiger partial charge >= 0.3 is 24.1 Å². The van der Waals surface area contributed by atoms with Crippen LogP contribution in [0.4, 0.5) is 4.79 Å². The predicted octanol–water partition coefficient (Wildman–Crippen LogP) is 4.89. The van der Waals surface area contributed by atoms with Crippen molar-refractivity contribution in [3.63, 3.8) is 0 Å². The van der Waals surface area contributed by atoms with Gasteiger partial charge in [0.25, 0.3) is 0 Å². The highest BCUT2D eigenvalue weighted by molar-refractivity contribution is 5.91. The summed E-state index contributed by atoms with van der Waals surface area (Å²) in [6, 6.07) is 5.63. The number of carbonyl (C=O) groups excluding carboxylic acids is 4. The molecule has 1 aromatic carbocycles. The SMILES string of the molecule is CCC(C)(C)C(=O)OC12CC3CC(O)(CC(OC(=O)COC(=O)c4ccc(OC(=O)OC(C)(C)C)cc4)(C3)C1)C2. The summed E-state index contributed by atoms with van der Waals surface area (Å²) in [5.74, 6) is -1.58. The second-order valence-corrected chi connectivity index (χ2v) is 13.4. The summed E-state index contributed by atoms with van der Waals surface area (Å²) in [5, 5.41) is 11.3. The Morgan fingerprint density at radius 2 is 1.50 bits per heavy atom. The molecule has 0 amide bonds. The highest BCUT2D eigenvalue weighted by Crippen LogP contribution is 2.62. The number of esters is 3. The van der Waals surface area contributed by atoms with Crippen LogP contribution in [0.25, 0.3) is 0 Å². The van der Waals surface area contributed by atoms with E-state index in [4.69, 9.17) is 23.7 Å². The van der Waals surface area contributed by atoms with Gasteiger partial charge in [-0.15, -0.1) is 0 Å². The predicted molar refractivity (Wildman–Crippen MR) is 141 cm³/mol. The van der Waals surface area contributed by atoms with Crippen LogP contribution in [0.3, 0.4) is 0 Å². The molecule has 0 radical (unpaired) electrons. The fraction of sp³-hybridized carbons (Fsp3) is 0.667. The zero-order valence-electron chi connectivity index (χ0n) is 24.2. The van der Waals surface area contributed by atoms with E-state index in [2.05, 4.69) is 0 Å². The Kier molecular flexibility index (Phi) is 7.73. The summed E-state index contributed by atoms with van der Waals surface area (Å²) in [6.45, 7) is 10.1. The normalized spacial score (nSPS) is 28.9. The summed E-state index contributed by atoms with van der Waals surface area (Å²) in [5.41, 5.74) is -4.19. The first-order valence-electron chi connectivity index (χ1n) is 13.8. The van der Waals surface area contributed by atoms with E-state index in [0.29, 0.717) is 38.5 Å². The zero-order valence-corrected chi connectivity index (χ0v) is 24.2. The highest BCUT2D eigenvalue weighted by atomic mass is 16.7. The molecule has 1 N–H and O–H groups in total. The van der Waals surface area contributed by atoms with Crippen molar-refractivity contribution in [2.75, 3.05) is 6.61 Å². The van der Waals surface area contributed by atoms with Crippen LogP contribution in [0.2, 0.25) is 0 Å². The van der Waals surface area contributed by atoms with Crippen LogP contribution in [-0.4, -0.2) is 58.2 Å². The average Bonchev–Trinajstić information content (AvgIpc) is 2.79. The van der Waals surface area contributed by atoms with Crippen LogP contribution >= 0.6 is 0 Å². The van der Waals surface area contributed by atoms with E-state index in [9.17, 15) is 24.3 Å². The molecule has 0 aliphatic heterocycles. The van der Waals surface area contributed by atoms with Crippen LogP contribution in [-0.2, 0) is 28.5 Å². The molecule has 10 heteroatoms. The number of aliphatic hydroxyl groups is 1. The van der Waals surface area contributed by atoms with Crippen molar-refractivity contribution in [2.24, 2.45) is 11.3 Å². The molecule has 0 saturated heterocycles.